The molecule has 0 saturated heterocycles. The summed E-state index contributed by atoms with van der Waals surface area (Å²) >= 11 is 0. The van der Waals surface area contributed by atoms with Crippen molar-refractivity contribution >= 4 is 24.9 Å². The van der Waals surface area contributed by atoms with Crippen LogP contribution in [0.4, 0.5) is 0 Å². The molecule has 0 fully saturated rings. The molecule has 7 nitrogen and oxygen atoms in total. The van der Waals surface area contributed by atoms with Gasteiger partial charge >= 0.3 is 114 Å². The molecule has 17 heavy (non-hydrogen) atoms. The maximum absolute atomic E-state index is 10.8. The average Bonchev–Trinajstić information content (AvgIpc) is 2.15. The van der Waals surface area contributed by atoms with Crippen LogP contribution in [0.15, 0.2) is 0 Å². The summed E-state index contributed by atoms with van der Waals surface area (Å²) in [5.41, 5.74) is 0. The maximum Gasteiger partial charge on any atom is 1.00 e. The van der Waals surface area contributed by atoms with E-state index >= 15 is 0 Å². The number of methoxy groups -OCH3 is 1. The molecule has 0 aliphatic rings. The first-order chi connectivity index (χ1) is 6.65. The fourth-order valence-electron chi connectivity index (χ4n) is 0.639. The molecule has 0 aromatic carbocycles. The van der Waals surface area contributed by atoms with Crippen molar-refractivity contribution < 1.29 is 126 Å². The van der Waals surface area contributed by atoms with Crippen molar-refractivity contribution in [3.8, 4) is 0 Å². The first-order valence-electron chi connectivity index (χ1n) is 3.45. The van der Waals surface area contributed by atoms with E-state index in [9.17, 15) is 19.2 Å². The third-order valence-electron chi connectivity index (χ3n) is 1.24. The molecule has 0 radical (unpaired) electrons. The number of ether oxygens (including phenoxy) is 3. The van der Waals surface area contributed by atoms with Crippen molar-refractivity contribution in [3.63, 3.8) is 0 Å². The molecule has 1 atom stereocenters. The van der Waals surface area contributed by atoms with Gasteiger partial charge in [0.2, 0.25) is 0 Å². The fraction of sp³-hybridized carbons (Fsp3) is 0.429. The average molecular weight is 276 g/mol. The molecule has 0 heterocycles. The predicted molar refractivity (Wildman–Crippen MR) is 43.1 cm³/mol. The molecule has 0 aromatic rings. The Morgan fingerprint density at radius 1 is 1.12 bits per heavy atom. The largest absolute Gasteiger partial charge is 1.00 e. The smallest absolute Gasteiger partial charge is 1.00 e. The van der Waals surface area contributed by atoms with E-state index in [4.69, 9.17) is 0 Å². The number of rotatable bonds is 6. The van der Waals surface area contributed by atoms with E-state index in [1.165, 1.54) is 0 Å². The first-order valence-corrected chi connectivity index (χ1v) is 3.45. The Balaban J connectivity index is -0.0000000563. The van der Waals surface area contributed by atoms with Crippen LogP contribution in [-0.2, 0) is 33.4 Å². The summed E-state index contributed by atoms with van der Waals surface area (Å²) in [5.74, 6) is -1.97. The van der Waals surface area contributed by atoms with Crippen molar-refractivity contribution in [1.82, 2.24) is 0 Å². The van der Waals surface area contributed by atoms with Gasteiger partial charge in [0.25, 0.3) is 0 Å². The van der Waals surface area contributed by atoms with Crippen LogP contribution in [0.25, 0.3) is 0 Å². The zero-order valence-corrected chi connectivity index (χ0v) is 16.3. The number of carbonyl (C=O) groups excluding carboxylic acids is 4. The van der Waals surface area contributed by atoms with E-state index < -0.39 is 24.5 Å². The van der Waals surface area contributed by atoms with Crippen LogP contribution in [0.3, 0.4) is 0 Å². The quantitative estimate of drug-likeness (QED) is 0.206. The topological polar surface area (TPSA) is 96.0 Å². The second kappa shape index (κ2) is 17.2. The van der Waals surface area contributed by atoms with Gasteiger partial charge in [-0.1, -0.05) is 0 Å². The van der Waals surface area contributed by atoms with Crippen LogP contribution in [0.1, 0.15) is 10.7 Å². The number of carbonyl (C=O) groups is 4. The Morgan fingerprint density at radius 3 is 1.94 bits per heavy atom. The van der Waals surface area contributed by atoms with Gasteiger partial charge in [0, 0.05) is 7.11 Å². The van der Waals surface area contributed by atoms with Gasteiger partial charge in [-0.05, 0) is 0 Å². The Bertz CT molecular complexity index is 258. The van der Waals surface area contributed by atoms with Gasteiger partial charge in [0.1, 0.15) is 0 Å². The standard InChI is InChI=1S/C7H8O7.3Na.3H/c1-12-5(7(11)14-4-9)2-6(10)13-3-8;;;;;;/h3-5H,2H2,1H3;;;;;;/q;3*+1;3*-1. The first kappa shape index (κ1) is 26.7. The van der Waals surface area contributed by atoms with Crippen LogP contribution in [0.5, 0.6) is 0 Å². The van der Waals surface area contributed by atoms with E-state index in [1.54, 1.807) is 0 Å². The molecule has 0 saturated carbocycles. The molecule has 0 bridgehead atoms. The second-order valence-corrected chi connectivity index (χ2v) is 2.05. The third-order valence-corrected chi connectivity index (χ3v) is 1.24. The number of hydrogen-bond donors (Lipinski definition) is 0. The van der Waals surface area contributed by atoms with Crippen LogP contribution in [0, 0.1) is 0 Å². The number of esters is 2. The van der Waals surface area contributed by atoms with E-state index in [1.807, 2.05) is 0 Å². The molecule has 0 aliphatic carbocycles. The minimum Gasteiger partial charge on any atom is -1.00 e. The summed E-state index contributed by atoms with van der Waals surface area (Å²) < 4.78 is 12.4. The van der Waals surface area contributed by atoms with Gasteiger partial charge < -0.3 is 18.5 Å². The zero-order valence-electron chi connectivity index (χ0n) is 13.3. The SMILES string of the molecule is COC(CC(=O)OC=O)C(=O)OC=O.[H-].[H-].[H-].[Na+].[Na+].[Na+]. The minimum absolute atomic E-state index is 0. The van der Waals surface area contributed by atoms with Gasteiger partial charge in [0.15, 0.2) is 6.10 Å². The van der Waals surface area contributed by atoms with Crippen LogP contribution < -0.4 is 88.7 Å². The van der Waals surface area contributed by atoms with Gasteiger partial charge in [-0.15, -0.1) is 0 Å². The van der Waals surface area contributed by atoms with E-state index in [0.717, 1.165) is 7.11 Å². The van der Waals surface area contributed by atoms with Crippen molar-refractivity contribution in [1.29, 1.82) is 0 Å². The summed E-state index contributed by atoms with van der Waals surface area (Å²) in [6.07, 6.45) is -1.75. The Hall–Kier alpha value is 1.24. The maximum atomic E-state index is 10.8. The Morgan fingerprint density at radius 2 is 1.59 bits per heavy atom. The van der Waals surface area contributed by atoms with E-state index in [2.05, 4.69) is 14.2 Å². The molecular formula is C7H11Na3O7. The fourth-order valence-corrected chi connectivity index (χ4v) is 0.639. The molecular weight excluding hydrogens is 265 g/mol. The summed E-state index contributed by atoms with van der Waals surface area (Å²) in [7, 11) is 1.14. The summed E-state index contributed by atoms with van der Waals surface area (Å²) in [5, 5.41) is 0. The van der Waals surface area contributed by atoms with Gasteiger partial charge in [-0.25, -0.2) is 4.79 Å². The second-order valence-electron chi connectivity index (χ2n) is 2.05. The normalized spacial score (nSPS) is 9.24. The van der Waals surface area contributed by atoms with Crippen molar-refractivity contribution in [3.05, 3.63) is 0 Å². The summed E-state index contributed by atoms with van der Waals surface area (Å²) in [6, 6.07) is 0. The Labute approximate surface area is 169 Å². The van der Waals surface area contributed by atoms with Gasteiger partial charge in [-0.3, -0.25) is 14.4 Å². The van der Waals surface area contributed by atoms with Crippen molar-refractivity contribution in [2.75, 3.05) is 7.11 Å². The van der Waals surface area contributed by atoms with E-state index in [0.29, 0.717) is 0 Å². The molecule has 0 amide bonds. The van der Waals surface area contributed by atoms with Gasteiger partial charge in [-0.2, -0.15) is 0 Å². The monoisotopic (exact) mass is 276 g/mol. The van der Waals surface area contributed by atoms with Crippen LogP contribution in [-0.4, -0.2) is 38.1 Å². The van der Waals surface area contributed by atoms with E-state index in [-0.39, 0.29) is 106 Å². The molecule has 0 aliphatic heterocycles. The molecule has 0 aromatic heterocycles. The molecule has 0 spiro atoms. The minimum atomic E-state index is -1.26. The molecule has 0 N–H and O–H groups in total. The molecule has 0 rings (SSSR count). The van der Waals surface area contributed by atoms with Gasteiger partial charge in [0.05, 0.1) is 6.42 Å². The summed E-state index contributed by atoms with van der Waals surface area (Å²) in [6.45, 7) is -0.153. The van der Waals surface area contributed by atoms with Crippen LogP contribution >= 0.6 is 0 Å². The Kier molecular flexibility index (Phi) is 27.1. The van der Waals surface area contributed by atoms with Crippen molar-refractivity contribution in [2.45, 2.75) is 12.5 Å². The molecule has 10 heteroatoms. The molecule has 84 valence electrons. The third kappa shape index (κ3) is 13.5. The predicted octanol–water partition coefficient (Wildman–Crippen LogP) is -9.86. The molecule has 1 unspecified atom stereocenters. The van der Waals surface area contributed by atoms with Crippen molar-refractivity contribution in [2.24, 2.45) is 0 Å². The zero-order chi connectivity index (χ0) is 11.0. The summed E-state index contributed by atoms with van der Waals surface area (Å²) in [4.78, 5) is 41.0. The number of hydrogen-bond acceptors (Lipinski definition) is 7. The van der Waals surface area contributed by atoms with Crippen LogP contribution in [0.2, 0.25) is 0 Å².